The highest BCUT2D eigenvalue weighted by Crippen LogP contribution is 2.35. The molecule has 0 radical (unpaired) electrons. The van der Waals surface area contributed by atoms with E-state index in [1.807, 2.05) is 0 Å². The Kier molecular flexibility index (Phi) is 2.62. The number of aliphatic hydroxyl groups is 1. The van der Waals surface area contributed by atoms with E-state index >= 15 is 0 Å². The van der Waals surface area contributed by atoms with Crippen molar-refractivity contribution in [1.29, 1.82) is 0 Å². The Hall–Kier alpha value is -2.12. The summed E-state index contributed by atoms with van der Waals surface area (Å²) in [5, 5.41) is 12.6. The second-order valence-electron chi connectivity index (χ2n) is 3.81. The number of benzene rings is 1. The van der Waals surface area contributed by atoms with Gasteiger partial charge in [0.2, 0.25) is 6.79 Å². The van der Waals surface area contributed by atoms with E-state index in [1.165, 1.54) is 0 Å². The third kappa shape index (κ3) is 1.79. The SMILES string of the molecule is NC(CO)c1noc(-c2ccc3c(c2)OCO3)n1. The minimum atomic E-state index is -0.642. The highest BCUT2D eigenvalue weighted by atomic mass is 16.7. The molecular formula is C11H11N3O4. The van der Waals surface area contributed by atoms with Gasteiger partial charge in [-0.15, -0.1) is 0 Å². The van der Waals surface area contributed by atoms with Crippen LogP contribution < -0.4 is 15.2 Å². The first-order valence-electron chi connectivity index (χ1n) is 5.38. The third-order valence-corrected chi connectivity index (χ3v) is 2.59. The van der Waals surface area contributed by atoms with Gasteiger partial charge in [0.25, 0.3) is 5.89 Å². The van der Waals surface area contributed by atoms with E-state index in [2.05, 4.69) is 10.1 Å². The van der Waals surface area contributed by atoms with Gasteiger partial charge < -0.3 is 24.8 Å². The van der Waals surface area contributed by atoms with Crippen LogP contribution in [0.25, 0.3) is 11.5 Å². The summed E-state index contributed by atoms with van der Waals surface area (Å²) in [7, 11) is 0. The summed E-state index contributed by atoms with van der Waals surface area (Å²) in [5.41, 5.74) is 6.31. The number of aliphatic hydroxyl groups excluding tert-OH is 1. The van der Waals surface area contributed by atoms with E-state index in [0.717, 1.165) is 0 Å². The van der Waals surface area contributed by atoms with Crippen LogP contribution in [-0.4, -0.2) is 28.6 Å². The zero-order chi connectivity index (χ0) is 12.5. The molecule has 1 aromatic heterocycles. The Morgan fingerprint density at radius 2 is 2.17 bits per heavy atom. The van der Waals surface area contributed by atoms with Crippen molar-refractivity contribution in [2.75, 3.05) is 13.4 Å². The van der Waals surface area contributed by atoms with Gasteiger partial charge in [-0.3, -0.25) is 0 Å². The Bertz CT molecular complexity index is 569. The second-order valence-corrected chi connectivity index (χ2v) is 3.81. The Morgan fingerprint density at radius 3 is 3.00 bits per heavy atom. The van der Waals surface area contributed by atoms with E-state index in [0.29, 0.717) is 23.0 Å². The normalized spacial score (nSPS) is 14.8. The fraction of sp³-hybridized carbons (Fsp3) is 0.273. The van der Waals surface area contributed by atoms with E-state index in [4.69, 9.17) is 24.8 Å². The number of aromatic nitrogens is 2. The molecule has 0 saturated carbocycles. The van der Waals surface area contributed by atoms with Gasteiger partial charge in [-0.2, -0.15) is 4.98 Å². The lowest BCUT2D eigenvalue weighted by molar-refractivity contribution is 0.174. The quantitative estimate of drug-likeness (QED) is 0.814. The van der Waals surface area contributed by atoms with Gasteiger partial charge in [-0.25, -0.2) is 0 Å². The van der Waals surface area contributed by atoms with Crippen LogP contribution in [0, 0.1) is 0 Å². The summed E-state index contributed by atoms with van der Waals surface area (Å²) in [6.45, 7) is -0.0244. The molecule has 0 saturated heterocycles. The number of hydrogen-bond acceptors (Lipinski definition) is 7. The predicted molar refractivity (Wildman–Crippen MR) is 59.9 cm³/mol. The molecule has 0 fully saturated rings. The number of nitrogens with two attached hydrogens (primary N) is 1. The minimum Gasteiger partial charge on any atom is -0.454 e. The zero-order valence-electron chi connectivity index (χ0n) is 9.37. The number of rotatable bonds is 3. The van der Waals surface area contributed by atoms with Crippen molar-refractivity contribution >= 4 is 0 Å². The van der Waals surface area contributed by atoms with Crippen molar-refractivity contribution in [3.05, 3.63) is 24.0 Å². The predicted octanol–water partition coefficient (Wildman–Crippen LogP) is 0.457. The Balaban J connectivity index is 1.92. The highest BCUT2D eigenvalue weighted by Gasteiger charge is 2.18. The van der Waals surface area contributed by atoms with E-state index in [9.17, 15) is 0 Å². The molecular weight excluding hydrogens is 238 g/mol. The lowest BCUT2D eigenvalue weighted by Crippen LogP contribution is -2.15. The maximum atomic E-state index is 8.91. The summed E-state index contributed by atoms with van der Waals surface area (Å²) < 4.78 is 15.6. The zero-order valence-corrected chi connectivity index (χ0v) is 9.37. The van der Waals surface area contributed by atoms with Crippen molar-refractivity contribution < 1.29 is 19.1 Å². The number of ether oxygens (including phenoxy) is 2. The largest absolute Gasteiger partial charge is 0.454 e. The van der Waals surface area contributed by atoms with Crippen molar-refractivity contribution in [3.8, 4) is 23.0 Å². The van der Waals surface area contributed by atoms with Gasteiger partial charge >= 0.3 is 0 Å². The van der Waals surface area contributed by atoms with Crippen LogP contribution in [0.1, 0.15) is 11.9 Å². The van der Waals surface area contributed by atoms with Crippen molar-refractivity contribution in [1.82, 2.24) is 10.1 Å². The molecule has 1 aliphatic heterocycles. The van der Waals surface area contributed by atoms with E-state index in [1.54, 1.807) is 18.2 Å². The molecule has 94 valence electrons. The fourth-order valence-electron chi connectivity index (χ4n) is 1.61. The number of nitrogens with zero attached hydrogens (tertiary/aromatic N) is 2. The molecule has 1 aromatic carbocycles. The molecule has 2 aromatic rings. The molecule has 0 bridgehead atoms. The molecule has 0 amide bonds. The van der Waals surface area contributed by atoms with Crippen LogP contribution >= 0.6 is 0 Å². The molecule has 18 heavy (non-hydrogen) atoms. The molecule has 0 spiro atoms. The lowest BCUT2D eigenvalue weighted by Gasteiger charge is -1.99. The summed E-state index contributed by atoms with van der Waals surface area (Å²) in [5.74, 6) is 1.92. The Labute approximate surface area is 102 Å². The Morgan fingerprint density at radius 1 is 1.33 bits per heavy atom. The molecule has 3 rings (SSSR count). The maximum Gasteiger partial charge on any atom is 0.258 e. The topological polar surface area (TPSA) is 104 Å². The van der Waals surface area contributed by atoms with Crippen LogP contribution in [0.2, 0.25) is 0 Å². The minimum absolute atomic E-state index is 0.212. The van der Waals surface area contributed by atoms with Crippen LogP contribution in [0.3, 0.4) is 0 Å². The average Bonchev–Trinajstić information content (AvgIpc) is 3.05. The van der Waals surface area contributed by atoms with Gasteiger partial charge in [-0.05, 0) is 18.2 Å². The van der Waals surface area contributed by atoms with E-state index < -0.39 is 6.04 Å². The molecule has 7 nitrogen and oxygen atoms in total. The first kappa shape index (κ1) is 11.0. The fourth-order valence-corrected chi connectivity index (χ4v) is 1.61. The van der Waals surface area contributed by atoms with Crippen LogP contribution in [0.5, 0.6) is 11.5 Å². The molecule has 1 atom stereocenters. The number of hydrogen-bond donors (Lipinski definition) is 2. The second kappa shape index (κ2) is 4.28. The van der Waals surface area contributed by atoms with Crippen molar-refractivity contribution in [2.45, 2.75) is 6.04 Å². The van der Waals surface area contributed by atoms with Gasteiger partial charge in [0.05, 0.1) is 12.6 Å². The van der Waals surface area contributed by atoms with Crippen LogP contribution in [0.15, 0.2) is 22.7 Å². The molecule has 2 heterocycles. The van der Waals surface area contributed by atoms with E-state index in [-0.39, 0.29) is 19.2 Å². The standard InChI is InChI=1S/C11H11N3O4/c12-7(4-15)10-13-11(18-14-10)6-1-2-8-9(3-6)17-5-16-8/h1-3,7,15H,4-5,12H2. The first-order valence-corrected chi connectivity index (χ1v) is 5.38. The molecule has 1 aliphatic rings. The maximum absolute atomic E-state index is 8.91. The third-order valence-electron chi connectivity index (χ3n) is 2.59. The summed E-state index contributed by atoms with van der Waals surface area (Å²) in [4.78, 5) is 4.12. The molecule has 1 unspecified atom stereocenters. The monoisotopic (exact) mass is 249 g/mol. The van der Waals surface area contributed by atoms with Crippen molar-refractivity contribution in [3.63, 3.8) is 0 Å². The smallest absolute Gasteiger partial charge is 0.258 e. The molecule has 0 aliphatic carbocycles. The van der Waals surface area contributed by atoms with Crippen LogP contribution in [0.4, 0.5) is 0 Å². The van der Waals surface area contributed by atoms with Gasteiger partial charge in [0.15, 0.2) is 17.3 Å². The molecule has 3 N–H and O–H groups in total. The molecule has 7 heteroatoms. The number of fused-ring (bicyclic) bond motifs is 1. The average molecular weight is 249 g/mol. The summed E-state index contributed by atoms with van der Waals surface area (Å²) in [6.07, 6.45) is 0. The highest BCUT2D eigenvalue weighted by molar-refractivity contribution is 5.60. The van der Waals surface area contributed by atoms with Gasteiger partial charge in [0, 0.05) is 5.56 Å². The van der Waals surface area contributed by atoms with Crippen LogP contribution in [-0.2, 0) is 0 Å². The summed E-state index contributed by atoms with van der Waals surface area (Å²) >= 11 is 0. The summed E-state index contributed by atoms with van der Waals surface area (Å²) in [6, 6.07) is 4.67. The lowest BCUT2D eigenvalue weighted by atomic mass is 10.2. The first-order chi connectivity index (χ1) is 8.78. The van der Waals surface area contributed by atoms with Gasteiger partial charge in [0.1, 0.15) is 0 Å². The van der Waals surface area contributed by atoms with Crippen molar-refractivity contribution in [2.24, 2.45) is 5.73 Å². The van der Waals surface area contributed by atoms with Gasteiger partial charge in [-0.1, -0.05) is 5.16 Å².